The maximum atomic E-state index is 13.2. The zero-order valence-electron chi connectivity index (χ0n) is 11.3. The van der Waals surface area contributed by atoms with Crippen LogP contribution < -0.4 is 11.1 Å². The maximum Gasteiger partial charge on any atom is 0.253 e. The average molecular weight is 264 g/mol. The van der Waals surface area contributed by atoms with Crippen LogP contribution in [0.3, 0.4) is 0 Å². The Kier molecular flexibility index (Phi) is 4.40. The molecule has 0 spiro atoms. The molecule has 1 aromatic carbocycles. The van der Waals surface area contributed by atoms with E-state index in [1.54, 1.807) is 0 Å². The Bertz CT molecular complexity index is 455. The van der Waals surface area contributed by atoms with Gasteiger partial charge in [-0.05, 0) is 43.9 Å². The highest BCUT2D eigenvalue weighted by atomic mass is 19.1. The standard InChI is InChI=1S/C15H21FN2O/c1-10(11-5-3-2-4-6-11)18-15(19)13-9-12(16)7-8-14(13)17/h7-11H,2-6,17H2,1H3,(H,18,19)/t10-/m0/s1. The highest BCUT2D eigenvalue weighted by molar-refractivity contribution is 5.99. The SMILES string of the molecule is C[C@H](NC(=O)c1cc(F)ccc1N)C1CCCCC1. The molecule has 1 amide bonds. The minimum Gasteiger partial charge on any atom is -0.398 e. The Morgan fingerprint density at radius 1 is 1.37 bits per heavy atom. The van der Waals surface area contributed by atoms with Crippen LogP contribution in [-0.2, 0) is 0 Å². The first-order valence-corrected chi connectivity index (χ1v) is 6.94. The predicted molar refractivity (Wildman–Crippen MR) is 74.3 cm³/mol. The molecule has 19 heavy (non-hydrogen) atoms. The Balaban J connectivity index is 2.01. The van der Waals surface area contributed by atoms with Crippen LogP contribution in [0.15, 0.2) is 18.2 Å². The fourth-order valence-corrected chi connectivity index (χ4v) is 2.76. The van der Waals surface area contributed by atoms with E-state index in [1.807, 2.05) is 6.92 Å². The fourth-order valence-electron chi connectivity index (χ4n) is 2.76. The summed E-state index contributed by atoms with van der Waals surface area (Å²) in [4.78, 5) is 12.1. The van der Waals surface area contributed by atoms with Crippen molar-refractivity contribution in [1.29, 1.82) is 0 Å². The number of nitrogens with two attached hydrogens (primary N) is 1. The van der Waals surface area contributed by atoms with E-state index in [1.165, 1.54) is 37.5 Å². The Morgan fingerprint density at radius 2 is 2.05 bits per heavy atom. The van der Waals surface area contributed by atoms with Gasteiger partial charge in [0.25, 0.3) is 5.91 Å². The van der Waals surface area contributed by atoms with Crippen LogP contribution in [-0.4, -0.2) is 11.9 Å². The summed E-state index contributed by atoms with van der Waals surface area (Å²) in [5.74, 6) is -0.202. The van der Waals surface area contributed by atoms with Crippen LogP contribution in [0.25, 0.3) is 0 Å². The van der Waals surface area contributed by atoms with Gasteiger partial charge in [-0.1, -0.05) is 19.3 Å². The third-order valence-electron chi connectivity index (χ3n) is 3.98. The summed E-state index contributed by atoms with van der Waals surface area (Å²) in [5, 5.41) is 2.95. The molecule has 1 atom stereocenters. The Morgan fingerprint density at radius 3 is 2.74 bits per heavy atom. The van der Waals surface area contributed by atoms with Crippen molar-refractivity contribution in [2.45, 2.75) is 45.1 Å². The van der Waals surface area contributed by atoms with E-state index in [-0.39, 0.29) is 17.5 Å². The first-order valence-electron chi connectivity index (χ1n) is 6.94. The lowest BCUT2D eigenvalue weighted by Crippen LogP contribution is -2.39. The number of amides is 1. The summed E-state index contributed by atoms with van der Waals surface area (Å²) in [6.45, 7) is 2.02. The van der Waals surface area contributed by atoms with Gasteiger partial charge in [0, 0.05) is 11.7 Å². The predicted octanol–water partition coefficient (Wildman–Crippen LogP) is 3.11. The summed E-state index contributed by atoms with van der Waals surface area (Å²) in [6, 6.07) is 3.99. The number of benzene rings is 1. The first kappa shape index (κ1) is 13.8. The number of carbonyl (C=O) groups excluding carboxylic acids is 1. The van der Waals surface area contributed by atoms with E-state index < -0.39 is 5.82 Å². The van der Waals surface area contributed by atoms with Crippen LogP contribution in [0, 0.1) is 11.7 Å². The number of nitrogen functional groups attached to an aromatic ring is 1. The number of hydrogen-bond donors (Lipinski definition) is 2. The molecule has 4 heteroatoms. The topological polar surface area (TPSA) is 55.1 Å². The molecule has 0 heterocycles. The molecule has 0 bridgehead atoms. The molecule has 0 radical (unpaired) electrons. The summed E-state index contributed by atoms with van der Waals surface area (Å²) in [6.07, 6.45) is 6.05. The average Bonchev–Trinajstić information content (AvgIpc) is 2.42. The van der Waals surface area contributed by atoms with Gasteiger partial charge in [-0.15, -0.1) is 0 Å². The van der Waals surface area contributed by atoms with Crippen molar-refractivity contribution >= 4 is 11.6 Å². The summed E-state index contributed by atoms with van der Waals surface area (Å²) in [5.41, 5.74) is 6.26. The fraction of sp³-hybridized carbons (Fsp3) is 0.533. The second-order valence-electron chi connectivity index (χ2n) is 5.39. The van der Waals surface area contributed by atoms with Gasteiger partial charge in [0.1, 0.15) is 5.82 Å². The molecule has 104 valence electrons. The van der Waals surface area contributed by atoms with Gasteiger partial charge >= 0.3 is 0 Å². The van der Waals surface area contributed by atoms with E-state index in [2.05, 4.69) is 5.32 Å². The number of halogens is 1. The second kappa shape index (κ2) is 6.04. The largest absolute Gasteiger partial charge is 0.398 e. The maximum absolute atomic E-state index is 13.2. The summed E-state index contributed by atoms with van der Waals surface area (Å²) < 4.78 is 13.2. The van der Waals surface area contributed by atoms with Crippen molar-refractivity contribution in [1.82, 2.24) is 5.32 Å². The van der Waals surface area contributed by atoms with E-state index in [0.29, 0.717) is 11.6 Å². The third kappa shape index (κ3) is 3.46. The highest BCUT2D eigenvalue weighted by Gasteiger charge is 2.22. The lowest BCUT2D eigenvalue weighted by atomic mass is 9.84. The molecule has 1 aliphatic carbocycles. The van der Waals surface area contributed by atoms with Crippen molar-refractivity contribution in [2.75, 3.05) is 5.73 Å². The van der Waals surface area contributed by atoms with Gasteiger partial charge in [0.15, 0.2) is 0 Å². The van der Waals surface area contributed by atoms with Gasteiger partial charge in [0.2, 0.25) is 0 Å². The van der Waals surface area contributed by atoms with Crippen LogP contribution in [0.5, 0.6) is 0 Å². The molecule has 0 saturated heterocycles. The van der Waals surface area contributed by atoms with Gasteiger partial charge in [-0.2, -0.15) is 0 Å². The molecular formula is C15H21FN2O. The Hall–Kier alpha value is -1.58. The van der Waals surface area contributed by atoms with Gasteiger partial charge in [-0.25, -0.2) is 4.39 Å². The zero-order chi connectivity index (χ0) is 13.8. The van der Waals surface area contributed by atoms with Crippen LogP contribution in [0.1, 0.15) is 49.4 Å². The molecule has 1 fully saturated rings. The zero-order valence-corrected chi connectivity index (χ0v) is 11.3. The van der Waals surface area contributed by atoms with Crippen molar-refractivity contribution in [3.63, 3.8) is 0 Å². The van der Waals surface area contributed by atoms with Crippen LogP contribution in [0.4, 0.5) is 10.1 Å². The molecule has 3 N–H and O–H groups in total. The summed E-state index contributed by atoms with van der Waals surface area (Å²) in [7, 11) is 0. The summed E-state index contributed by atoms with van der Waals surface area (Å²) >= 11 is 0. The molecule has 1 saturated carbocycles. The third-order valence-corrected chi connectivity index (χ3v) is 3.98. The Labute approximate surface area is 113 Å². The minimum absolute atomic E-state index is 0.107. The van der Waals surface area contributed by atoms with Gasteiger partial charge in [0.05, 0.1) is 5.56 Å². The van der Waals surface area contributed by atoms with Crippen molar-refractivity contribution in [3.05, 3.63) is 29.6 Å². The number of rotatable bonds is 3. The smallest absolute Gasteiger partial charge is 0.253 e. The lowest BCUT2D eigenvalue weighted by Gasteiger charge is -2.28. The van der Waals surface area contributed by atoms with Crippen molar-refractivity contribution in [2.24, 2.45) is 5.92 Å². The monoisotopic (exact) mass is 264 g/mol. The first-order chi connectivity index (χ1) is 9.08. The minimum atomic E-state index is -0.440. The second-order valence-corrected chi connectivity index (χ2v) is 5.39. The van der Waals surface area contributed by atoms with E-state index in [0.717, 1.165) is 12.8 Å². The molecule has 2 rings (SSSR count). The number of carbonyl (C=O) groups is 1. The molecule has 0 aromatic heterocycles. The van der Waals surface area contributed by atoms with Gasteiger partial charge in [-0.3, -0.25) is 4.79 Å². The number of nitrogens with one attached hydrogen (secondary N) is 1. The molecular weight excluding hydrogens is 243 g/mol. The van der Waals surface area contributed by atoms with Crippen LogP contribution in [0.2, 0.25) is 0 Å². The lowest BCUT2D eigenvalue weighted by molar-refractivity contribution is 0.0920. The van der Waals surface area contributed by atoms with Crippen LogP contribution >= 0.6 is 0 Å². The number of hydrogen-bond acceptors (Lipinski definition) is 2. The van der Waals surface area contributed by atoms with E-state index in [9.17, 15) is 9.18 Å². The molecule has 1 aromatic rings. The quantitative estimate of drug-likeness (QED) is 0.824. The van der Waals surface area contributed by atoms with Crippen molar-refractivity contribution in [3.8, 4) is 0 Å². The molecule has 0 unspecified atom stereocenters. The molecule has 1 aliphatic rings. The van der Waals surface area contributed by atoms with E-state index >= 15 is 0 Å². The number of anilines is 1. The van der Waals surface area contributed by atoms with E-state index in [4.69, 9.17) is 5.73 Å². The molecule has 3 nitrogen and oxygen atoms in total. The molecule has 0 aliphatic heterocycles. The van der Waals surface area contributed by atoms with Crippen molar-refractivity contribution < 1.29 is 9.18 Å². The highest BCUT2D eigenvalue weighted by Crippen LogP contribution is 2.26. The normalized spacial score (nSPS) is 18.0. The van der Waals surface area contributed by atoms with Gasteiger partial charge < -0.3 is 11.1 Å².